The predicted molar refractivity (Wildman–Crippen MR) is 159 cm³/mol. The quantitative estimate of drug-likeness (QED) is 0.196. The van der Waals surface area contributed by atoms with Gasteiger partial charge in [0.15, 0.2) is 18.1 Å². The summed E-state index contributed by atoms with van der Waals surface area (Å²) in [5, 5.41) is 8.41. The van der Waals surface area contributed by atoms with Crippen molar-refractivity contribution in [2.24, 2.45) is 5.10 Å². The number of nitrogens with zero attached hydrogens (tertiary/aromatic N) is 3. The smallest absolute Gasteiger partial charge is 0.282 e. The van der Waals surface area contributed by atoms with Crippen LogP contribution >= 0.6 is 39.1 Å². The summed E-state index contributed by atoms with van der Waals surface area (Å²) in [4.78, 5) is 30.3. The van der Waals surface area contributed by atoms with Crippen LogP contribution in [0.15, 0.2) is 69.0 Å². The Bertz CT molecular complexity index is 1590. The first-order valence-corrected chi connectivity index (χ1v) is 13.6. The molecule has 202 valence electrons. The normalized spacial score (nSPS) is 11.2. The predicted octanol–water partition coefficient (Wildman–Crippen LogP) is 6.72. The number of nitrogens with one attached hydrogen (secondary N) is 1. The molecule has 0 aliphatic heterocycles. The molecule has 1 amide bonds. The first kappa shape index (κ1) is 28.6. The van der Waals surface area contributed by atoms with Crippen molar-refractivity contribution in [3.63, 3.8) is 0 Å². The Morgan fingerprint density at radius 2 is 1.92 bits per heavy atom. The molecule has 0 aliphatic rings. The fraction of sp³-hybridized carbons (Fsp3) is 0.214. The van der Waals surface area contributed by atoms with Crippen molar-refractivity contribution in [1.82, 2.24) is 9.66 Å². The van der Waals surface area contributed by atoms with Crippen LogP contribution in [0.3, 0.4) is 0 Å². The van der Waals surface area contributed by atoms with Crippen LogP contribution in [0.2, 0.25) is 10.0 Å². The number of unbranched alkanes of at least 4 members (excludes halogenated alkanes) is 1. The van der Waals surface area contributed by atoms with E-state index in [1.54, 1.807) is 42.5 Å². The second-order valence-corrected chi connectivity index (χ2v) is 10.3. The highest BCUT2D eigenvalue weighted by Crippen LogP contribution is 2.36. The van der Waals surface area contributed by atoms with Crippen LogP contribution in [0, 0.1) is 0 Å². The molecule has 0 atom stereocenters. The van der Waals surface area contributed by atoms with Crippen LogP contribution in [0.1, 0.15) is 31.2 Å². The van der Waals surface area contributed by atoms with Crippen LogP contribution in [-0.2, 0) is 11.2 Å². The maximum Gasteiger partial charge on any atom is 0.282 e. The molecule has 1 N–H and O–H groups in total. The molecule has 0 aliphatic carbocycles. The molecule has 39 heavy (non-hydrogen) atoms. The van der Waals surface area contributed by atoms with Crippen LogP contribution in [-0.4, -0.2) is 35.5 Å². The number of methoxy groups -OCH3 is 1. The molecular weight excluding hydrogens is 607 g/mol. The highest BCUT2D eigenvalue weighted by molar-refractivity contribution is 9.10. The van der Waals surface area contributed by atoms with Gasteiger partial charge < -0.3 is 14.8 Å². The zero-order chi connectivity index (χ0) is 27.9. The van der Waals surface area contributed by atoms with Gasteiger partial charge in [0.2, 0.25) is 0 Å². The third kappa shape index (κ3) is 7.17. The molecule has 0 spiro atoms. The van der Waals surface area contributed by atoms with Gasteiger partial charge in [-0.15, -0.1) is 0 Å². The lowest BCUT2D eigenvalue weighted by Gasteiger charge is -2.13. The van der Waals surface area contributed by atoms with Crippen LogP contribution in [0.25, 0.3) is 10.9 Å². The molecule has 4 aromatic rings. The molecule has 3 aromatic carbocycles. The average molecular weight is 632 g/mol. The van der Waals surface area contributed by atoms with Crippen molar-refractivity contribution in [3.05, 3.63) is 90.9 Å². The number of halogens is 3. The summed E-state index contributed by atoms with van der Waals surface area (Å²) < 4.78 is 13.2. The van der Waals surface area contributed by atoms with E-state index in [1.807, 2.05) is 12.1 Å². The van der Waals surface area contributed by atoms with E-state index in [1.165, 1.54) is 18.0 Å². The van der Waals surface area contributed by atoms with Gasteiger partial charge in [0.1, 0.15) is 5.82 Å². The lowest BCUT2D eigenvalue weighted by atomic mass is 10.2. The van der Waals surface area contributed by atoms with Gasteiger partial charge in [-0.3, -0.25) is 9.59 Å². The number of hydrogen-bond acceptors (Lipinski definition) is 6. The number of ether oxygens (including phenoxy) is 2. The number of amides is 1. The van der Waals surface area contributed by atoms with E-state index < -0.39 is 0 Å². The van der Waals surface area contributed by atoms with E-state index in [0.29, 0.717) is 45.2 Å². The molecule has 0 fully saturated rings. The zero-order valence-electron chi connectivity index (χ0n) is 21.2. The van der Waals surface area contributed by atoms with E-state index in [2.05, 4.69) is 38.3 Å². The van der Waals surface area contributed by atoms with Crippen molar-refractivity contribution < 1.29 is 14.3 Å². The number of aryl methyl sites for hydroxylation is 1. The highest BCUT2D eigenvalue weighted by atomic mass is 79.9. The largest absolute Gasteiger partial charge is 0.493 e. The Labute approximate surface area is 243 Å². The first-order valence-electron chi connectivity index (χ1n) is 12.1. The van der Waals surface area contributed by atoms with Gasteiger partial charge in [0.05, 0.1) is 29.2 Å². The van der Waals surface area contributed by atoms with Gasteiger partial charge in [0, 0.05) is 21.6 Å². The van der Waals surface area contributed by atoms with Gasteiger partial charge in [-0.2, -0.15) is 9.78 Å². The van der Waals surface area contributed by atoms with Gasteiger partial charge >= 0.3 is 0 Å². The van der Waals surface area contributed by atoms with Gasteiger partial charge in [-0.1, -0.05) is 52.5 Å². The standard InChI is InChI=1S/C28H25BrCl2N4O4/c1-3-4-5-25-34-23-11-6-18(29)14-21(23)28(37)35(25)32-15-17-12-22(31)27(24(13-17)38-2)39-16-26(36)33-20-9-7-19(30)8-10-20/h6-15H,3-5,16H2,1-2H3,(H,33,36). The van der Waals surface area contributed by atoms with E-state index >= 15 is 0 Å². The number of fused-ring (bicyclic) bond motifs is 1. The van der Waals surface area contributed by atoms with Gasteiger partial charge in [-0.25, -0.2) is 4.98 Å². The minimum absolute atomic E-state index is 0.209. The molecular formula is C28H25BrCl2N4O4. The minimum Gasteiger partial charge on any atom is -0.493 e. The van der Waals surface area contributed by atoms with E-state index in [9.17, 15) is 9.59 Å². The number of benzene rings is 3. The molecule has 0 unspecified atom stereocenters. The summed E-state index contributed by atoms with van der Waals surface area (Å²) in [5.41, 5.74) is 1.50. The SMILES string of the molecule is CCCCc1nc2ccc(Br)cc2c(=O)n1N=Cc1cc(Cl)c(OCC(=O)Nc2ccc(Cl)cc2)c(OC)c1. The monoisotopic (exact) mass is 630 g/mol. The minimum atomic E-state index is -0.379. The number of carbonyl (C=O) groups excluding carboxylic acids is 1. The summed E-state index contributed by atoms with van der Waals surface area (Å²) in [6.07, 6.45) is 3.92. The molecule has 8 nitrogen and oxygen atoms in total. The van der Waals surface area contributed by atoms with Crippen LogP contribution in [0.4, 0.5) is 5.69 Å². The number of anilines is 1. The molecule has 1 aromatic heterocycles. The fourth-order valence-electron chi connectivity index (χ4n) is 3.76. The fourth-order valence-corrected chi connectivity index (χ4v) is 4.52. The Morgan fingerprint density at radius 1 is 1.15 bits per heavy atom. The van der Waals surface area contributed by atoms with Gasteiger partial charge in [-0.05, 0) is 66.6 Å². The lowest BCUT2D eigenvalue weighted by Crippen LogP contribution is -2.22. The Hall–Kier alpha value is -3.40. The Kier molecular flexibility index (Phi) is 9.61. The summed E-state index contributed by atoms with van der Waals surface area (Å²) in [6, 6.07) is 15.4. The summed E-state index contributed by atoms with van der Waals surface area (Å²) in [7, 11) is 1.46. The number of carbonyl (C=O) groups is 1. The van der Waals surface area contributed by atoms with E-state index in [4.69, 9.17) is 32.7 Å². The van der Waals surface area contributed by atoms with Crippen molar-refractivity contribution in [1.29, 1.82) is 0 Å². The van der Waals surface area contributed by atoms with Gasteiger partial charge in [0.25, 0.3) is 11.5 Å². The van der Waals surface area contributed by atoms with Crippen molar-refractivity contribution in [2.45, 2.75) is 26.2 Å². The maximum atomic E-state index is 13.3. The van der Waals surface area contributed by atoms with Crippen molar-refractivity contribution in [3.8, 4) is 11.5 Å². The lowest BCUT2D eigenvalue weighted by molar-refractivity contribution is -0.118. The summed E-state index contributed by atoms with van der Waals surface area (Å²) >= 11 is 15.8. The first-order chi connectivity index (χ1) is 18.8. The second-order valence-electron chi connectivity index (χ2n) is 8.53. The Balaban J connectivity index is 1.58. The highest BCUT2D eigenvalue weighted by Gasteiger charge is 2.15. The maximum absolute atomic E-state index is 13.3. The third-order valence-electron chi connectivity index (χ3n) is 5.68. The van der Waals surface area contributed by atoms with Crippen molar-refractivity contribution in [2.75, 3.05) is 19.0 Å². The molecule has 11 heteroatoms. The molecule has 0 saturated heterocycles. The second kappa shape index (κ2) is 13.1. The average Bonchev–Trinajstić information content (AvgIpc) is 2.92. The number of aromatic nitrogens is 2. The molecule has 0 saturated carbocycles. The third-order valence-corrected chi connectivity index (χ3v) is 6.70. The topological polar surface area (TPSA) is 94.8 Å². The van der Waals surface area contributed by atoms with Crippen LogP contribution < -0.4 is 20.3 Å². The van der Waals surface area contributed by atoms with E-state index in [0.717, 1.165) is 17.3 Å². The molecule has 0 radical (unpaired) electrons. The molecule has 4 rings (SSSR count). The molecule has 1 heterocycles. The van der Waals surface area contributed by atoms with Crippen molar-refractivity contribution >= 4 is 67.8 Å². The number of rotatable bonds is 10. The summed E-state index contributed by atoms with van der Waals surface area (Å²) in [6.45, 7) is 1.78. The Morgan fingerprint density at radius 3 is 2.64 bits per heavy atom. The number of hydrogen-bond donors (Lipinski definition) is 1. The van der Waals surface area contributed by atoms with E-state index in [-0.39, 0.29) is 28.8 Å². The van der Waals surface area contributed by atoms with Crippen LogP contribution in [0.5, 0.6) is 11.5 Å². The molecule has 0 bridgehead atoms. The zero-order valence-corrected chi connectivity index (χ0v) is 24.3. The summed E-state index contributed by atoms with van der Waals surface area (Å²) in [5.74, 6) is 0.705.